The SMILES string of the molecule is CCn1nc(C)c(CC(C)N)c1C. The van der Waals surface area contributed by atoms with Gasteiger partial charge in [0.25, 0.3) is 0 Å². The lowest BCUT2D eigenvalue weighted by atomic mass is 10.1. The first-order chi connectivity index (χ1) is 6.06. The van der Waals surface area contributed by atoms with Crippen molar-refractivity contribution in [1.29, 1.82) is 0 Å². The number of hydrogen-bond donors (Lipinski definition) is 1. The first-order valence-corrected chi connectivity index (χ1v) is 4.84. The molecule has 3 heteroatoms. The molecule has 0 radical (unpaired) electrons. The van der Waals surface area contributed by atoms with Crippen molar-refractivity contribution in [2.24, 2.45) is 5.73 Å². The van der Waals surface area contributed by atoms with Gasteiger partial charge in [-0.3, -0.25) is 4.68 Å². The maximum absolute atomic E-state index is 5.78. The van der Waals surface area contributed by atoms with Crippen LogP contribution in [-0.2, 0) is 13.0 Å². The summed E-state index contributed by atoms with van der Waals surface area (Å²) in [4.78, 5) is 0. The van der Waals surface area contributed by atoms with E-state index in [0.29, 0.717) is 0 Å². The van der Waals surface area contributed by atoms with Crippen LogP contribution in [0.5, 0.6) is 0 Å². The molecule has 0 aromatic carbocycles. The Morgan fingerprint density at radius 2 is 2.08 bits per heavy atom. The van der Waals surface area contributed by atoms with Gasteiger partial charge >= 0.3 is 0 Å². The van der Waals surface area contributed by atoms with Gasteiger partial charge in [0, 0.05) is 18.3 Å². The van der Waals surface area contributed by atoms with E-state index in [1.54, 1.807) is 0 Å². The van der Waals surface area contributed by atoms with Crippen LogP contribution in [0.4, 0.5) is 0 Å². The molecule has 1 aromatic heterocycles. The molecule has 0 saturated carbocycles. The molecule has 0 aliphatic rings. The van der Waals surface area contributed by atoms with E-state index in [0.717, 1.165) is 18.7 Å². The highest BCUT2D eigenvalue weighted by molar-refractivity contribution is 5.25. The Morgan fingerprint density at radius 3 is 2.46 bits per heavy atom. The Labute approximate surface area is 79.9 Å². The van der Waals surface area contributed by atoms with Gasteiger partial charge in [-0.25, -0.2) is 0 Å². The summed E-state index contributed by atoms with van der Waals surface area (Å²) < 4.78 is 2.03. The second-order valence-electron chi connectivity index (χ2n) is 3.65. The third-order valence-electron chi connectivity index (χ3n) is 2.36. The summed E-state index contributed by atoms with van der Waals surface area (Å²) in [6.45, 7) is 9.24. The molecule has 2 N–H and O–H groups in total. The lowest BCUT2D eigenvalue weighted by molar-refractivity contribution is 0.632. The summed E-state index contributed by atoms with van der Waals surface area (Å²) in [5.74, 6) is 0. The van der Waals surface area contributed by atoms with Gasteiger partial charge in [-0.1, -0.05) is 0 Å². The van der Waals surface area contributed by atoms with E-state index in [1.165, 1.54) is 11.3 Å². The minimum absolute atomic E-state index is 0.215. The summed E-state index contributed by atoms with van der Waals surface area (Å²) in [7, 11) is 0. The molecule has 13 heavy (non-hydrogen) atoms. The molecule has 0 bridgehead atoms. The molecule has 1 rings (SSSR count). The quantitative estimate of drug-likeness (QED) is 0.766. The first kappa shape index (κ1) is 10.3. The number of hydrogen-bond acceptors (Lipinski definition) is 2. The zero-order valence-electron chi connectivity index (χ0n) is 8.96. The predicted octanol–water partition coefficient (Wildman–Crippen LogP) is 1.41. The van der Waals surface area contributed by atoms with Crippen LogP contribution in [-0.4, -0.2) is 15.8 Å². The smallest absolute Gasteiger partial charge is 0.0629 e. The summed E-state index contributed by atoms with van der Waals surface area (Å²) in [6.07, 6.45) is 0.928. The summed E-state index contributed by atoms with van der Waals surface area (Å²) in [5, 5.41) is 4.44. The molecule has 0 spiro atoms. The summed E-state index contributed by atoms with van der Waals surface area (Å²) in [5.41, 5.74) is 9.48. The van der Waals surface area contributed by atoms with E-state index in [2.05, 4.69) is 25.9 Å². The molecular weight excluding hydrogens is 162 g/mol. The second-order valence-corrected chi connectivity index (χ2v) is 3.65. The minimum Gasteiger partial charge on any atom is -0.328 e. The molecule has 0 fully saturated rings. The largest absolute Gasteiger partial charge is 0.328 e. The predicted molar refractivity (Wildman–Crippen MR) is 54.7 cm³/mol. The molecule has 0 saturated heterocycles. The van der Waals surface area contributed by atoms with Crippen LogP contribution in [0.2, 0.25) is 0 Å². The van der Waals surface area contributed by atoms with Gasteiger partial charge in [0.2, 0.25) is 0 Å². The summed E-state index contributed by atoms with van der Waals surface area (Å²) in [6, 6.07) is 0.215. The van der Waals surface area contributed by atoms with Gasteiger partial charge in [-0.05, 0) is 39.7 Å². The maximum Gasteiger partial charge on any atom is 0.0629 e. The highest BCUT2D eigenvalue weighted by Gasteiger charge is 2.11. The van der Waals surface area contributed by atoms with Crippen molar-refractivity contribution in [2.75, 3.05) is 0 Å². The third-order valence-corrected chi connectivity index (χ3v) is 2.36. The average molecular weight is 181 g/mol. The molecule has 0 aliphatic heterocycles. The average Bonchev–Trinajstić information content (AvgIpc) is 2.31. The summed E-state index contributed by atoms with van der Waals surface area (Å²) >= 11 is 0. The van der Waals surface area contributed by atoms with Gasteiger partial charge < -0.3 is 5.73 Å². The highest BCUT2D eigenvalue weighted by atomic mass is 15.3. The molecular formula is C10H19N3. The van der Waals surface area contributed by atoms with Gasteiger partial charge in [-0.2, -0.15) is 5.10 Å². The van der Waals surface area contributed by atoms with Crippen LogP contribution >= 0.6 is 0 Å². The van der Waals surface area contributed by atoms with Crippen molar-refractivity contribution in [3.63, 3.8) is 0 Å². The lowest BCUT2D eigenvalue weighted by Crippen LogP contribution is -2.18. The van der Waals surface area contributed by atoms with Gasteiger partial charge in [0.15, 0.2) is 0 Å². The van der Waals surface area contributed by atoms with E-state index in [9.17, 15) is 0 Å². The molecule has 3 nitrogen and oxygen atoms in total. The molecule has 1 atom stereocenters. The number of rotatable bonds is 3. The van der Waals surface area contributed by atoms with Crippen molar-refractivity contribution in [3.05, 3.63) is 17.0 Å². The van der Waals surface area contributed by atoms with Crippen molar-refractivity contribution in [3.8, 4) is 0 Å². The zero-order chi connectivity index (χ0) is 10.0. The molecule has 0 amide bonds. The van der Waals surface area contributed by atoms with Gasteiger partial charge in [0.05, 0.1) is 5.69 Å². The standard InChI is InChI=1S/C10H19N3/c1-5-13-9(4)10(6-7(2)11)8(3)12-13/h7H,5-6,11H2,1-4H3. The Hall–Kier alpha value is -0.830. The fourth-order valence-electron chi connectivity index (χ4n) is 1.66. The third kappa shape index (κ3) is 2.10. The van der Waals surface area contributed by atoms with Crippen molar-refractivity contribution in [2.45, 2.75) is 46.7 Å². The number of aryl methyl sites for hydroxylation is 2. The molecule has 0 aliphatic carbocycles. The van der Waals surface area contributed by atoms with E-state index < -0.39 is 0 Å². The molecule has 74 valence electrons. The van der Waals surface area contributed by atoms with Crippen LogP contribution in [0.25, 0.3) is 0 Å². The molecule has 1 aromatic rings. The second kappa shape index (κ2) is 3.92. The highest BCUT2D eigenvalue weighted by Crippen LogP contribution is 2.14. The Bertz CT molecular complexity index is 287. The monoisotopic (exact) mass is 181 g/mol. The van der Waals surface area contributed by atoms with Crippen molar-refractivity contribution in [1.82, 2.24) is 9.78 Å². The molecule has 1 unspecified atom stereocenters. The lowest BCUT2D eigenvalue weighted by Gasteiger charge is -2.05. The zero-order valence-corrected chi connectivity index (χ0v) is 8.96. The number of nitrogens with two attached hydrogens (primary N) is 1. The molecule has 1 heterocycles. The number of nitrogens with zero attached hydrogens (tertiary/aromatic N) is 2. The Balaban J connectivity index is 2.98. The van der Waals surface area contributed by atoms with Crippen LogP contribution in [0.15, 0.2) is 0 Å². The maximum atomic E-state index is 5.78. The number of aromatic nitrogens is 2. The van der Waals surface area contributed by atoms with Gasteiger partial charge in [-0.15, -0.1) is 0 Å². The van der Waals surface area contributed by atoms with E-state index in [1.807, 2.05) is 11.6 Å². The van der Waals surface area contributed by atoms with Crippen LogP contribution in [0.3, 0.4) is 0 Å². The fourth-order valence-corrected chi connectivity index (χ4v) is 1.66. The van der Waals surface area contributed by atoms with Crippen LogP contribution in [0.1, 0.15) is 30.8 Å². The van der Waals surface area contributed by atoms with Crippen LogP contribution in [0, 0.1) is 13.8 Å². The first-order valence-electron chi connectivity index (χ1n) is 4.84. The Morgan fingerprint density at radius 1 is 1.46 bits per heavy atom. The van der Waals surface area contributed by atoms with E-state index in [-0.39, 0.29) is 6.04 Å². The van der Waals surface area contributed by atoms with Gasteiger partial charge in [0.1, 0.15) is 0 Å². The van der Waals surface area contributed by atoms with Crippen LogP contribution < -0.4 is 5.73 Å². The normalized spacial score (nSPS) is 13.3. The fraction of sp³-hybridized carbons (Fsp3) is 0.700. The van der Waals surface area contributed by atoms with E-state index in [4.69, 9.17) is 5.73 Å². The topological polar surface area (TPSA) is 43.8 Å². The Kier molecular flexibility index (Phi) is 3.09. The van der Waals surface area contributed by atoms with Crippen molar-refractivity contribution < 1.29 is 0 Å². The van der Waals surface area contributed by atoms with E-state index >= 15 is 0 Å². The minimum atomic E-state index is 0.215. The van der Waals surface area contributed by atoms with Crippen molar-refractivity contribution >= 4 is 0 Å².